The number of furan rings is 1. The van der Waals surface area contributed by atoms with Gasteiger partial charge in [0.1, 0.15) is 17.2 Å². The molecule has 0 aliphatic heterocycles. The molecular weight excluding hydrogens is 771 g/mol. The Labute approximate surface area is 285 Å². The van der Waals surface area contributed by atoms with Crippen LogP contribution in [-0.4, -0.2) is 18.0 Å². The van der Waals surface area contributed by atoms with E-state index in [9.17, 15) is 8.78 Å². The molecule has 7 heteroatoms. The Morgan fingerprint density at radius 1 is 0.891 bits per heavy atom. The number of halogens is 2. The van der Waals surface area contributed by atoms with E-state index in [2.05, 4.69) is 89.7 Å². The Morgan fingerprint density at radius 2 is 1.65 bits per heavy atom. The number of fused-ring (bicyclic) bond motifs is 3. The largest absolute Gasteiger partial charge is 0.500 e. The van der Waals surface area contributed by atoms with Crippen LogP contribution in [-0.2, 0) is 26.5 Å². The van der Waals surface area contributed by atoms with Gasteiger partial charge in [0.05, 0.1) is 13.7 Å². The van der Waals surface area contributed by atoms with Crippen molar-refractivity contribution in [2.45, 2.75) is 66.6 Å². The van der Waals surface area contributed by atoms with Gasteiger partial charge in [-0.3, -0.25) is 0 Å². The fourth-order valence-electron chi connectivity index (χ4n) is 5.51. The van der Waals surface area contributed by atoms with Crippen molar-refractivity contribution in [1.82, 2.24) is 9.97 Å². The summed E-state index contributed by atoms with van der Waals surface area (Å²) in [6.07, 6.45) is 4.94. The molecule has 3 aromatic carbocycles. The van der Waals surface area contributed by atoms with E-state index in [1.54, 1.807) is 18.3 Å². The van der Waals surface area contributed by atoms with Crippen LogP contribution in [0.15, 0.2) is 83.5 Å². The molecule has 0 atom stereocenters. The predicted octanol–water partition coefficient (Wildman–Crippen LogP) is 10.5. The molecule has 0 saturated heterocycles. The van der Waals surface area contributed by atoms with Crippen molar-refractivity contribution < 1.29 is 33.3 Å². The third-order valence-corrected chi connectivity index (χ3v) is 9.73. The topological polar surface area (TPSA) is 38.9 Å². The first-order chi connectivity index (χ1) is 21.2. The van der Waals surface area contributed by atoms with Gasteiger partial charge >= 0.3 is 0 Å². The maximum Gasteiger partial charge on any atom is 0.136 e. The fourth-order valence-corrected chi connectivity index (χ4v) is 7.09. The van der Waals surface area contributed by atoms with Crippen LogP contribution in [0.5, 0.6) is 0 Å². The summed E-state index contributed by atoms with van der Waals surface area (Å²) >= 11 is 0. The van der Waals surface area contributed by atoms with E-state index in [1.165, 1.54) is 16.8 Å². The fraction of sp³-hybridized carbons (Fsp3) is 0.282. The number of hydrogen-bond acceptors (Lipinski definition) is 3. The molecule has 0 bridgehead atoms. The Morgan fingerprint density at radius 3 is 2.30 bits per heavy atom. The number of benzene rings is 3. The van der Waals surface area contributed by atoms with Crippen LogP contribution >= 0.6 is 0 Å². The van der Waals surface area contributed by atoms with Crippen LogP contribution < -0.4 is 5.19 Å². The summed E-state index contributed by atoms with van der Waals surface area (Å²) in [5.41, 5.74) is 6.99. The number of pyridine rings is 2. The zero-order valence-electron chi connectivity index (χ0n) is 27.7. The molecule has 46 heavy (non-hydrogen) atoms. The zero-order chi connectivity index (χ0) is 32.5. The average Bonchev–Trinajstić information content (AvgIpc) is 3.35. The summed E-state index contributed by atoms with van der Waals surface area (Å²) in [5.74, 6) is -0.942. The molecule has 0 fully saturated rings. The van der Waals surface area contributed by atoms with Gasteiger partial charge < -0.3 is 14.4 Å². The van der Waals surface area contributed by atoms with Gasteiger partial charge in [0, 0.05) is 50.0 Å². The summed E-state index contributed by atoms with van der Waals surface area (Å²) in [7, 11) is -1.37. The molecule has 0 aliphatic rings. The van der Waals surface area contributed by atoms with E-state index in [1.807, 2.05) is 30.3 Å². The normalized spacial score (nSPS) is 11.8. The van der Waals surface area contributed by atoms with Crippen molar-refractivity contribution in [3.05, 3.63) is 114 Å². The van der Waals surface area contributed by atoms with Crippen LogP contribution in [0, 0.1) is 29.2 Å². The van der Waals surface area contributed by atoms with E-state index in [0.29, 0.717) is 28.1 Å². The minimum atomic E-state index is -1.37. The van der Waals surface area contributed by atoms with Gasteiger partial charge in [-0.2, -0.15) is 0 Å². The molecule has 1 radical (unpaired) electrons. The monoisotopic (exact) mass is 811 g/mol. The number of rotatable bonds is 5. The molecular formula is C39H40F2IrN2OSi-2. The molecule has 6 rings (SSSR count). The molecule has 0 N–H and O–H groups in total. The third-order valence-electron chi connectivity index (χ3n) is 7.66. The van der Waals surface area contributed by atoms with Gasteiger partial charge in [0.2, 0.25) is 0 Å². The average molecular weight is 811 g/mol. The van der Waals surface area contributed by atoms with E-state index in [4.69, 9.17) is 9.40 Å². The van der Waals surface area contributed by atoms with Gasteiger partial charge in [-0.25, -0.2) is 8.78 Å². The van der Waals surface area contributed by atoms with Crippen molar-refractivity contribution >= 4 is 35.2 Å². The van der Waals surface area contributed by atoms with Crippen molar-refractivity contribution in [2.24, 2.45) is 5.41 Å². The van der Waals surface area contributed by atoms with Gasteiger partial charge in [0.15, 0.2) is 0 Å². The Balaban J connectivity index is 0.000000207. The number of hydrogen-bond donors (Lipinski definition) is 0. The van der Waals surface area contributed by atoms with E-state index in [0.717, 1.165) is 29.3 Å². The first-order valence-corrected chi connectivity index (χ1v) is 18.9. The van der Waals surface area contributed by atoms with E-state index >= 15 is 0 Å². The predicted molar refractivity (Wildman–Crippen MR) is 184 cm³/mol. The minimum absolute atomic E-state index is 0. The van der Waals surface area contributed by atoms with Crippen LogP contribution in [0.1, 0.15) is 51.7 Å². The molecule has 0 spiro atoms. The minimum Gasteiger partial charge on any atom is -0.500 e. The summed E-state index contributed by atoms with van der Waals surface area (Å²) in [4.78, 5) is 9.10. The molecule has 6 aromatic rings. The second-order valence-electron chi connectivity index (χ2n) is 14.1. The van der Waals surface area contributed by atoms with Crippen molar-refractivity contribution in [3.8, 4) is 22.5 Å². The second-order valence-corrected chi connectivity index (χ2v) is 19.1. The maximum atomic E-state index is 14.2. The smallest absolute Gasteiger partial charge is 0.136 e. The van der Waals surface area contributed by atoms with Crippen molar-refractivity contribution in [1.29, 1.82) is 0 Å². The summed E-state index contributed by atoms with van der Waals surface area (Å²) in [5, 5.41) is 2.35. The second kappa shape index (κ2) is 14.1. The van der Waals surface area contributed by atoms with Gasteiger partial charge in [-0.05, 0) is 40.4 Å². The first-order valence-electron chi connectivity index (χ1n) is 15.4. The Hall–Kier alpha value is -3.51. The molecule has 3 aromatic heterocycles. The van der Waals surface area contributed by atoms with E-state index < -0.39 is 19.7 Å². The molecule has 3 nitrogen and oxygen atoms in total. The Bertz CT molecular complexity index is 1960. The van der Waals surface area contributed by atoms with Gasteiger partial charge in [0.25, 0.3) is 0 Å². The molecule has 3 heterocycles. The van der Waals surface area contributed by atoms with Crippen LogP contribution in [0.3, 0.4) is 0 Å². The van der Waals surface area contributed by atoms with Crippen LogP contribution in [0.2, 0.25) is 19.6 Å². The number of aromatic nitrogens is 2. The van der Waals surface area contributed by atoms with Crippen molar-refractivity contribution in [2.75, 3.05) is 0 Å². The summed E-state index contributed by atoms with van der Waals surface area (Å²) in [6, 6.07) is 26.2. The van der Waals surface area contributed by atoms with Crippen LogP contribution in [0.4, 0.5) is 8.78 Å². The summed E-state index contributed by atoms with van der Waals surface area (Å²) in [6.45, 7) is 18.3. The first kappa shape index (κ1) is 35.3. The Kier molecular flexibility index (Phi) is 10.8. The molecule has 0 aliphatic carbocycles. The number of nitrogens with zero attached hydrogens (tertiary/aromatic N) is 2. The summed E-state index contributed by atoms with van der Waals surface area (Å²) < 4.78 is 33.4. The quantitative estimate of drug-likeness (QED) is 0.129. The standard InChI is InChI=1S/C20H14F2NO.C19H26NSi.Ir/c1-11(2)12-6-7-23-17(8-12)14-4-3-5-15-19-16(22)9-13(21)10-18(19)24-20(14)15;1-19(2,3)13-16-12-17(15-10-8-7-9-11-15)20-14-18(16)21(4,5)6;/h3,5-11H,1-2H3;7-10,12,14H,13H2,1-6H3;/q2*-1;. The van der Waals surface area contributed by atoms with Gasteiger partial charge in [-0.1, -0.05) is 88.5 Å². The molecule has 241 valence electrons. The molecule has 0 unspecified atom stereocenters. The van der Waals surface area contributed by atoms with Crippen LogP contribution in [0.25, 0.3) is 44.5 Å². The van der Waals surface area contributed by atoms with E-state index in [-0.39, 0.29) is 36.5 Å². The van der Waals surface area contributed by atoms with Crippen molar-refractivity contribution in [3.63, 3.8) is 0 Å². The molecule has 0 saturated carbocycles. The molecule has 0 amide bonds. The zero-order valence-corrected chi connectivity index (χ0v) is 31.1. The third kappa shape index (κ3) is 8.06. The van der Waals surface area contributed by atoms with Gasteiger partial charge in [-0.15, -0.1) is 54.1 Å². The maximum absolute atomic E-state index is 14.2. The SMILES string of the molecule is CC(C)(C)Cc1cc(-c2[c-]cccc2)ncc1[Si](C)(C)C.CC(C)c1ccnc(-c2[c-]ccc3c2oc2cc(F)cc(F)c23)c1.[Ir].